The summed E-state index contributed by atoms with van der Waals surface area (Å²) >= 11 is 9.63. The van der Waals surface area contributed by atoms with Gasteiger partial charge in [0, 0.05) is 16.5 Å². The van der Waals surface area contributed by atoms with Crippen LogP contribution in [0.15, 0.2) is 28.7 Å². The lowest BCUT2D eigenvalue weighted by Crippen LogP contribution is -2.00. The molecule has 1 aromatic carbocycles. The molecule has 1 aliphatic rings. The van der Waals surface area contributed by atoms with Crippen molar-refractivity contribution < 1.29 is 0 Å². The summed E-state index contributed by atoms with van der Waals surface area (Å²) in [6, 6.07) is 7.82. The average Bonchev–Trinajstić information content (AvgIpc) is 3.18. The van der Waals surface area contributed by atoms with Crippen molar-refractivity contribution in [1.82, 2.24) is 9.97 Å². The summed E-state index contributed by atoms with van der Waals surface area (Å²) in [5.74, 6) is 2.08. The molecule has 3 rings (SSSR count). The van der Waals surface area contributed by atoms with E-state index in [9.17, 15) is 0 Å². The molecule has 1 saturated carbocycles. The highest BCUT2D eigenvalue weighted by Gasteiger charge is 2.27. The van der Waals surface area contributed by atoms with Crippen LogP contribution in [0.25, 0.3) is 0 Å². The van der Waals surface area contributed by atoms with Crippen molar-refractivity contribution in [3.05, 3.63) is 45.3 Å². The molecular formula is C14H13BrClN3. The molecule has 1 heterocycles. The molecule has 98 valence electrons. The minimum atomic E-state index is 0.486. The van der Waals surface area contributed by atoms with E-state index in [-0.39, 0.29) is 0 Å². The maximum Gasteiger partial charge on any atom is 0.135 e. The summed E-state index contributed by atoms with van der Waals surface area (Å²) in [5, 5.41) is 3.78. The van der Waals surface area contributed by atoms with E-state index < -0.39 is 0 Å². The van der Waals surface area contributed by atoms with Crippen LogP contribution in [0.1, 0.15) is 30.1 Å². The third-order valence-electron chi connectivity index (χ3n) is 3.11. The zero-order chi connectivity index (χ0) is 13.4. The number of halogens is 2. The maximum atomic E-state index is 6.06. The molecular weight excluding hydrogens is 326 g/mol. The molecule has 19 heavy (non-hydrogen) atoms. The van der Waals surface area contributed by atoms with Gasteiger partial charge in [-0.2, -0.15) is 0 Å². The first-order chi connectivity index (χ1) is 9.13. The molecule has 0 bridgehead atoms. The standard InChI is InChI=1S/C14H13BrClN3/c1-8-3-2-4-10(13(8)15)17-12-7-11(16)18-14(19-12)9-5-6-9/h2-4,7,9H,5-6H2,1H3,(H,17,18,19). The van der Waals surface area contributed by atoms with Gasteiger partial charge in [0.25, 0.3) is 0 Å². The SMILES string of the molecule is Cc1cccc(Nc2cc(Cl)nc(C3CC3)n2)c1Br. The maximum absolute atomic E-state index is 6.06. The Balaban J connectivity index is 1.92. The molecule has 1 fully saturated rings. The molecule has 3 nitrogen and oxygen atoms in total. The van der Waals surface area contributed by atoms with Crippen LogP contribution in [0.2, 0.25) is 5.15 Å². The average molecular weight is 339 g/mol. The summed E-state index contributed by atoms with van der Waals surface area (Å²) in [4.78, 5) is 8.81. The predicted molar refractivity (Wildman–Crippen MR) is 81.2 cm³/mol. The number of hydrogen-bond acceptors (Lipinski definition) is 3. The van der Waals surface area contributed by atoms with E-state index >= 15 is 0 Å². The number of rotatable bonds is 3. The largest absolute Gasteiger partial charge is 0.339 e. The first-order valence-corrected chi connectivity index (χ1v) is 7.37. The fourth-order valence-corrected chi connectivity index (χ4v) is 2.46. The van der Waals surface area contributed by atoms with E-state index in [1.807, 2.05) is 12.1 Å². The third kappa shape index (κ3) is 2.90. The zero-order valence-corrected chi connectivity index (χ0v) is 12.8. The number of nitrogens with one attached hydrogen (secondary N) is 1. The van der Waals surface area contributed by atoms with Crippen molar-refractivity contribution in [2.75, 3.05) is 5.32 Å². The van der Waals surface area contributed by atoms with Gasteiger partial charge in [-0.25, -0.2) is 9.97 Å². The van der Waals surface area contributed by atoms with Crippen LogP contribution in [-0.2, 0) is 0 Å². The van der Waals surface area contributed by atoms with Crippen LogP contribution >= 0.6 is 27.5 Å². The van der Waals surface area contributed by atoms with Crippen molar-refractivity contribution in [3.63, 3.8) is 0 Å². The van der Waals surface area contributed by atoms with Crippen molar-refractivity contribution in [1.29, 1.82) is 0 Å². The topological polar surface area (TPSA) is 37.8 Å². The lowest BCUT2D eigenvalue weighted by Gasteiger charge is -2.10. The van der Waals surface area contributed by atoms with E-state index in [2.05, 4.69) is 44.2 Å². The predicted octanol–water partition coefficient (Wildman–Crippen LogP) is 4.82. The second-order valence-corrected chi connectivity index (χ2v) is 5.95. The van der Waals surface area contributed by atoms with E-state index in [0.717, 1.165) is 34.6 Å². The molecule has 0 unspecified atom stereocenters. The van der Waals surface area contributed by atoms with Crippen LogP contribution in [0.5, 0.6) is 0 Å². The van der Waals surface area contributed by atoms with Crippen molar-refractivity contribution >= 4 is 39.0 Å². The summed E-state index contributed by atoms with van der Waals surface area (Å²) in [5.41, 5.74) is 2.16. The summed E-state index contributed by atoms with van der Waals surface area (Å²) in [7, 11) is 0. The van der Waals surface area contributed by atoms with Gasteiger partial charge in [-0.1, -0.05) is 23.7 Å². The highest BCUT2D eigenvalue weighted by Crippen LogP contribution is 2.39. The number of anilines is 2. The molecule has 5 heteroatoms. The quantitative estimate of drug-likeness (QED) is 0.815. The molecule has 0 spiro atoms. The van der Waals surface area contributed by atoms with Crippen molar-refractivity contribution in [2.24, 2.45) is 0 Å². The Kier molecular flexibility index (Phi) is 3.46. The van der Waals surface area contributed by atoms with Gasteiger partial charge in [-0.15, -0.1) is 0 Å². The van der Waals surface area contributed by atoms with Crippen molar-refractivity contribution in [3.8, 4) is 0 Å². The molecule has 0 atom stereocenters. The summed E-state index contributed by atoms with van der Waals surface area (Å²) in [6.45, 7) is 2.05. The molecule has 2 aromatic rings. The van der Waals surface area contributed by atoms with Gasteiger partial charge in [0.2, 0.25) is 0 Å². The minimum Gasteiger partial charge on any atom is -0.339 e. The van der Waals surface area contributed by atoms with E-state index in [0.29, 0.717) is 11.1 Å². The Morgan fingerprint density at radius 3 is 2.84 bits per heavy atom. The second kappa shape index (κ2) is 5.10. The van der Waals surface area contributed by atoms with Gasteiger partial charge in [0.15, 0.2) is 0 Å². The Labute approximate surface area is 125 Å². The number of aryl methyl sites for hydroxylation is 1. The van der Waals surface area contributed by atoms with Crippen LogP contribution in [0.4, 0.5) is 11.5 Å². The zero-order valence-electron chi connectivity index (χ0n) is 10.5. The van der Waals surface area contributed by atoms with Gasteiger partial charge in [-0.3, -0.25) is 0 Å². The minimum absolute atomic E-state index is 0.486. The second-order valence-electron chi connectivity index (χ2n) is 4.77. The van der Waals surface area contributed by atoms with Crippen molar-refractivity contribution in [2.45, 2.75) is 25.7 Å². The molecule has 1 aromatic heterocycles. The van der Waals surface area contributed by atoms with E-state index in [1.54, 1.807) is 6.07 Å². The Morgan fingerprint density at radius 2 is 2.11 bits per heavy atom. The molecule has 1 N–H and O–H groups in total. The smallest absolute Gasteiger partial charge is 0.135 e. The van der Waals surface area contributed by atoms with Crippen LogP contribution in [0.3, 0.4) is 0 Å². The lowest BCUT2D eigenvalue weighted by molar-refractivity contribution is 0.930. The highest BCUT2D eigenvalue weighted by molar-refractivity contribution is 9.10. The molecule has 0 radical (unpaired) electrons. The monoisotopic (exact) mass is 337 g/mol. The molecule has 0 aliphatic heterocycles. The fourth-order valence-electron chi connectivity index (χ4n) is 1.91. The van der Waals surface area contributed by atoms with E-state index in [4.69, 9.17) is 11.6 Å². The molecule has 1 aliphatic carbocycles. The van der Waals surface area contributed by atoms with Crippen LogP contribution < -0.4 is 5.32 Å². The number of nitrogens with zero attached hydrogens (tertiary/aromatic N) is 2. The first kappa shape index (κ1) is 12.9. The van der Waals surface area contributed by atoms with Gasteiger partial charge in [-0.05, 0) is 47.3 Å². The Hall–Kier alpha value is -1.13. The van der Waals surface area contributed by atoms with Gasteiger partial charge in [0.1, 0.15) is 16.8 Å². The van der Waals surface area contributed by atoms with Crippen LogP contribution in [-0.4, -0.2) is 9.97 Å². The number of hydrogen-bond donors (Lipinski definition) is 1. The fraction of sp³-hybridized carbons (Fsp3) is 0.286. The molecule has 0 amide bonds. The third-order valence-corrected chi connectivity index (χ3v) is 4.36. The molecule has 0 saturated heterocycles. The highest BCUT2D eigenvalue weighted by atomic mass is 79.9. The van der Waals surface area contributed by atoms with Crippen LogP contribution in [0, 0.1) is 6.92 Å². The van der Waals surface area contributed by atoms with E-state index in [1.165, 1.54) is 5.56 Å². The Bertz CT molecular complexity index is 626. The summed E-state index contributed by atoms with van der Waals surface area (Å²) < 4.78 is 1.04. The van der Waals surface area contributed by atoms with Gasteiger partial charge in [0.05, 0.1) is 5.69 Å². The number of aromatic nitrogens is 2. The first-order valence-electron chi connectivity index (χ1n) is 6.20. The number of benzene rings is 1. The Morgan fingerprint density at radius 1 is 1.32 bits per heavy atom. The van der Waals surface area contributed by atoms with Gasteiger partial charge < -0.3 is 5.32 Å². The normalized spacial score (nSPS) is 14.5. The van der Waals surface area contributed by atoms with Gasteiger partial charge >= 0.3 is 0 Å². The summed E-state index contributed by atoms with van der Waals surface area (Å²) in [6.07, 6.45) is 2.32. The lowest BCUT2D eigenvalue weighted by atomic mass is 10.2.